The van der Waals surface area contributed by atoms with Crippen LogP contribution in [0.1, 0.15) is 55.8 Å². The summed E-state index contributed by atoms with van der Waals surface area (Å²) >= 11 is 0. The lowest BCUT2D eigenvalue weighted by Crippen LogP contribution is -2.44. The Kier molecular flexibility index (Phi) is 6.07. The third-order valence-corrected chi connectivity index (χ3v) is 4.61. The molecular formula is C17H28N4O2. The number of carbonyl (C=O) groups is 1. The summed E-state index contributed by atoms with van der Waals surface area (Å²) in [5, 5.41) is 6.68. The summed E-state index contributed by atoms with van der Waals surface area (Å²) in [6.07, 6.45) is 4.89. The molecule has 0 saturated heterocycles. The van der Waals surface area contributed by atoms with E-state index in [1.807, 2.05) is 0 Å². The lowest BCUT2D eigenvalue weighted by Gasteiger charge is -2.32. The summed E-state index contributed by atoms with van der Waals surface area (Å²) in [5.41, 5.74) is 5.18. The highest BCUT2D eigenvalue weighted by atomic mass is 16.3. The van der Waals surface area contributed by atoms with Crippen molar-refractivity contribution in [2.75, 3.05) is 7.05 Å². The van der Waals surface area contributed by atoms with Gasteiger partial charge in [-0.1, -0.05) is 13.8 Å². The number of carbonyl (C=O) groups excluding carboxylic acids is 1. The molecule has 0 atom stereocenters. The predicted molar refractivity (Wildman–Crippen MR) is 91.1 cm³/mol. The standard InChI is InChI=1S/C17H28N4O2/c1-11(2)12-4-6-13(7-5-12)21-17(19-3)20-10-14-8-9-15(23-14)16(18)22/h8-9,11-13H,4-7,10H2,1-3H3,(H2,18,22)(H2,19,20,21). The van der Waals surface area contributed by atoms with E-state index in [2.05, 4.69) is 29.5 Å². The molecule has 0 spiro atoms. The molecular weight excluding hydrogens is 292 g/mol. The van der Waals surface area contributed by atoms with Gasteiger partial charge in [0.15, 0.2) is 11.7 Å². The second-order valence-corrected chi connectivity index (χ2v) is 6.56. The number of hydrogen-bond acceptors (Lipinski definition) is 3. The molecule has 1 aliphatic carbocycles. The van der Waals surface area contributed by atoms with Crippen LogP contribution in [0.5, 0.6) is 0 Å². The number of primary amides is 1. The van der Waals surface area contributed by atoms with Crippen LogP contribution in [0.25, 0.3) is 0 Å². The number of amides is 1. The molecule has 0 radical (unpaired) electrons. The molecule has 1 aromatic rings. The molecule has 23 heavy (non-hydrogen) atoms. The number of aliphatic imine (C=N–C) groups is 1. The molecule has 1 amide bonds. The highest BCUT2D eigenvalue weighted by Crippen LogP contribution is 2.29. The Labute approximate surface area is 137 Å². The van der Waals surface area contributed by atoms with Gasteiger partial charge < -0.3 is 20.8 Å². The van der Waals surface area contributed by atoms with Crippen LogP contribution in [-0.2, 0) is 6.54 Å². The van der Waals surface area contributed by atoms with Crippen LogP contribution in [0.2, 0.25) is 0 Å². The van der Waals surface area contributed by atoms with Gasteiger partial charge in [0.2, 0.25) is 0 Å². The molecule has 6 nitrogen and oxygen atoms in total. The number of nitrogens with one attached hydrogen (secondary N) is 2. The van der Waals surface area contributed by atoms with E-state index in [1.54, 1.807) is 19.2 Å². The van der Waals surface area contributed by atoms with Gasteiger partial charge in [-0.05, 0) is 49.7 Å². The Morgan fingerprint density at radius 1 is 1.35 bits per heavy atom. The van der Waals surface area contributed by atoms with Crippen molar-refractivity contribution >= 4 is 11.9 Å². The fourth-order valence-electron chi connectivity index (χ4n) is 3.09. The van der Waals surface area contributed by atoms with E-state index < -0.39 is 5.91 Å². The smallest absolute Gasteiger partial charge is 0.284 e. The zero-order valence-corrected chi connectivity index (χ0v) is 14.3. The number of rotatable bonds is 5. The lowest BCUT2D eigenvalue weighted by molar-refractivity contribution is 0.0972. The summed E-state index contributed by atoms with van der Waals surface area (Å²) in [6.45, 7) is 5.08. The number of hydrogen-bond donors (Lipinski definition) is 3. The second kappa shape index (κ2) is 8.04. The fourth-order valence-corrected chi connectivity index (χ4v) is 3.09. The molecule has 0 unspecified atom stereocenters. The number of guanidine groups is 1. The molecule has 1 aromatic heterocycles. The lowest BCUT2D eigenvalue weighted by atomic mass is 9.80. The zero-order valence-electron chi connectivity index (χ0n) is 14.3. The topological polar surface area (TPSA) is 92.6 Å². The van der Waals surface area contributed by atoms with Crippen molar-refractivity contribution in [2.24, 2.45) is 22.6 Å². The van der Waals surface area contributed by atoms with Crippen molar-refractivity contribution in [3.63, 3.8) is 0 Å². The molecule has 0 bridgehead atoms. The zero-order chi connectivity index (χ0) is 16.8. The Morgan fingerprint density at radius 2 is 2.04 bits per heavy atom. The van der Waals surface area contributed by atoms with Crippen LogP contribution in [0.4, 0.5) is 0 Å². The minimum atomic E-state index is -0.555. The number of nitrogens with two attached hydrogens (primary N) is 1. The van der Waals surface area contributed by atoms with Crippen molar-refractivity contribution in [3.8, 4) is 0 Å². The van der Waals surface area contributed by atoms with Crippen LogP contribution >= 0.6 is 0 Å². The Balaban J connectivity index is 1.78. The average Bonchev–Trinajstić information content (AvgIpc) is 3.01. The Morgan fingerprint density at radius 3 is 2.57 bits per heavy atom. The molecule has 2 rings (SSSR count). The van der Waals surface area contributed by atoms with Gasteiger partial charge in [0, 0.05) is 13.1 Å². The average molecular weight is 320 g/mol. The van der Waals surface area contributed by atoms with Crippen molar-refractivity contribution in [3.05, 3.63) is 23.7 Å². The molecule has 0 aliphatic heterocycles. The van der Waals surface area contributed by atoms with E-state index in [0.29, 0.717) is 18.3 Å². The summed E-state index contributed by atoms with van der Waals surface area (Å²) < 4.78 is 5.35. The van der Waals surface area contributed by atoms with Crippen molar-refractivity contribution in [1.82, 2.24) is 10.6 Å². The van der Waals surface area contributed by atoms with E-state index in [4.69, 9.17) is 10.2 Å². The maximum absolute atomic E-state index is 11.0. The molecule has 4 N–H and O–H groups in total. The van der Waals surface area contributed by atoms with Gasteiger partial charge in [0.25, 0.3) is 5.91 Å². The van der Waals surface area contributed by atoms with Crippen LogP contribution in [0.15, 0.2) is 21.5 Å². The van der Waals surface area contributed by atoms with Gasteiger partial charge in [-0.15, -0.1) is 0 Å². The Bertz CT molecular complexity index is 543. The predicted octanol–water partition coefficient (Wildman–Crippen LogP) is 2.26. The fraction of sp³-hybridized carbons (Fsp3) is 0.647. The van der Waals surface area contributed by atoms with E-state index in [9.17, 15) is 4.79 Å². The monoisotopic (exact) mass is 320 g/mol. The summed E-state index contributed by atoms with van der Waals surface area (Å²) in [6, 6.07) is 3.80. The minimum Gasteiger partial charge on any atom is -0.454 e. The van der Waals surface area contributed by atoms with E-state index in [1.165, 1.54) is 25.7 Å². The van der Waals surface area contributed by atoms with Crippen LogP contribution < -0.4 is 16.4 Å². The quantitative estimate of drug-likeness (QED) is 0.573. The van der Waals surface area contributed by atoms with Crippen molar-refractivity contribution < 1.29 is 9.21 Å². The van der Waals surface area contributed by atoms with Crippen LogP contribution in [0, 0.1) is 11.8 Å². The van der Waals surface area contributed by atoms with Crippen LogP contribution in [0.3, 0.4) is 0 Å². The molecule has 1 fully saturated rings. The first-order valence-corrected chi connectivity index (χ1v) is 8.35. The Hall–Kier alpha value is -1.98. The SMILES string of the molecule is CN=C(NCc1ccc(C(N)=O)o1)NC1CCC(C(C)C)CC1. The van der Waals surface area contributed by atoms with Gasteiger partial charge >= 0.3 is 0 Å². The van der Waals surface area contributed by atoms with E-state index >= 15 is 0 Å². The minimum absolute atomic E-state index is 0.178. The third-order valence-electron chi connectivity index (χ3n) is 4.61. The first-order chi connectivity index (χ1) is 11.0. The van der Waals surface area contributed by atoms with Gasteiger partial charge in [-0.3, -0.25) is 9.79 Å². The first kappa shape index (κ1) is 17.4. The molecule has 6 heteroatoms. The van der Waals surface area contributed by atoms with Gasteiger partial charge in [-0.2, -0.15) is 0 Å². The van der Waals surface area contributed by atoms with Gasteiger partial charge in [0.05, 0.1) is 6.54 Å². The normalized spacial score (nSPS) is 22.2. The van der Waals surface area contributed by atoms with Gasteiger partial charge in [-0.25, -0.2) is 0 Å². The summed E-state index contributed by atoms with van der Waals surface area (Å²) in [5.74, 6) is 2.66. The number of furan rings is 1. The maximum Gasteiger partial charge on any atom is 0.284 e. The molecule has 128 valence electrons. The summed E-state index contributed by atoms with van der Waals surface area (Å²) in [4.78, 5) is 15.3. The molecule has 1 saturated carbocycles. The largest absolute Gasteiger partial charge is 0.454 e. The van der Waals surface area contributed by atoms with E-state index in [-0.39, 0.29) is 5.76 Å². The summed E-state index contributed by atoms with van der Waals surface area (Å²) in [7, 11) is 1.76. The molecule has 1 heterocycles. The number of nitrogens with zero attached hydrogens (tertiary/aromatic N) is 1. The maximum atomic E-state index is 11.0. The second-order valence-electron chi connectivity index (χ2n) is 6.56. The van der Waals surface area contributed by atoms with Gasteiger partial charge in [0.1, 0.15) is 5.76 Å². The van der Waals surface area contributed by atoms with E-state index in [0.717, 1.165) is 17.8 Å². The highest BCUT2D eigenvalue weighted by Gasteiger charge is 2.23. The third kappa shape index (κ3) is 5.01. The van der Waals surface area contributed by atoms with Crippen molar-refractivity contribution in [2.45, 2.75) is 52.1 Å². The highest BCUT2D eigenvalue weighted by molar-refractivity contribution is 5.89. The molecule has 1 aliphatic rings. The molecule has 0 aromatic carbocycles. The van der Waals surface area contributed by atoms with Crippen molar-refractivity contribution in [1.29, 1.82) is 0 Å². The first-order valence-electron chi connectivity index (χ1n) is 8.35. The van der Waals surface area contributed by atoms with Crippen LogP contribution in [-0.4, -0.2) is 25.0 Å².